The number of hydrogen-bond acceptors (Lipinski definition) is 1. The van der Waals surface area contributed by atoms with Crippen LogP contribution < -0.4 is 5.44 Å². The molecule has 2 heteroatoms. The second-order valence-corrected chi connectivity index (χ2v) is 7.73. The van der Waals surface area contributed by atoms with Crippen LogP contribution in [0.4, 0.5) is 0 Å². The molecule has 0 atom stereocenters. The van der Waals surface area contributed by atoms with Crippen LogP contribution >= 0.6 is 7.92 Å². The Morgan fingerprint density at radius 3 is 1.95 bits per heavy atom. The average Bonchev–Trinajstić information content (AvgIpc) is 2.46. The number of pyridine rings is 1. The fraction of sp³-hybridized carbons (Fsp3) is 0.706. The van der Waals surface area contributed by atoms with Crippen molar-refractivity contribution in [3.05, 3.63) is 24.4 Å². The minimum atomic E-state index is -0.000108. The Kier molecular flexibility index (Phi) is 9.99. The van der Waals surface area contributed by atoms with Gasteiger partial charge in [-0.25, -0.2) is 0 Å². The Balaban J connectivity index is 2.39. The van der Waals surface area contributed by atoms with Crippen LogP contribution in [0.3, 0.4) is 0 Å². The fourth-order valence-corrected chi connectivity index (χ4v) is 4.76. The topological polar surface area (TPSA) is 12.9 Å². The van der Waals surface area contributed by atoms with Crippen LogP contribution in [0.15, 0.2) is 24.4 Å². The maximum absolute atomic E-state index is 4.61. The van der Waals surface area contributed by atoms with E-state index < -0.39 is 0 Å². The van der Waals surface area contributed by atoms with Gasteiger partial charge < -0.3 is 0 Å². The molecule has 0 unspecified atom stereocenters. The van der Waals surface area contributed by atoms with Crippen molar-refractivity contribution in [1.82, 2.24) is 4.98 Å². The maximum Gasteiger partial charge on any atom is 0.0630 e. The molecule has 0 spiro atoms. The Morgan fingerprint density at radius 2 is 1.47 bits per heavy atom. The number of nitrogens with zero attached hydrogens (tertiary/aromatic N) is 1. The van der Waals surface area contributed by atoms with E-state index in [9.17, 15) is 0 Å². The second kappa shape index (κ2) is 11.4. The van der Waals surface area contributed by atoms with E-state index in [0.29, 0.717) is 0 Å². The number of aromatic nitrogens is 1. The van der Waals surface area contributed by atoms with E-state index >= 15 is 0 Å². The molecule has 1 aromatic heterocycles. The molecule has 0 aliphatic carbocycles. The fourth-order valence-electron chi connectivity index (χ4n) is 2.34. The SMILES string of the molecule is CCCCCCP(CCCCCC)c1ccccn1. The van der Waals surface area contributed by atoms with Gasteiger partial charge in [-0.2, -0.15) is 0 Å². The van der Waals surface area contributed by atoms with Gasteiger partial charge >= 0.3 is 0 Å². The van der Waals surface area contributed by atoms with E-state index in [4.69, 9.17) is 0 Å². The van der Waals surface area contributed by atoms with Crippen molar-refractivity contribution in [2.75, 3.05) is 12.3 Å². The van der Waals surface area contributed by atoms with Crippen LogP contribution in [0.5, 0.6) is 0 Å². The van der Waals surface area contributed by atoms with Crippen LogP contribution in [0.2, 0.25) is 0 Å². The van der Waals surface area contributed by atoms with Crippen LogP contribution in [0, 0.1) is 0 Å². The average molecular weight is 279 g/mol. The Morgan fingerprint density at radius 1 is 0.842 bits per heavy atom. The lowest BCUT2D eigenvalue weighted by Gasteiger charge is -2.17. The quantitative estimate of drug-likeness (QED) is 0.393. The van der Waals surface area contributed by atoms with E-state index in [1.807, 2.05) is 12.3 Å². The molecule has 0 N–H and O–H groups in total. The van der Waals surface area contributed by atoms with Gasteiger partial charge in [0.1, 0.15) is 0 Å². The number of unbranched alkanes of at least 4 members (excludes halogenated alkanes) is 6. The minimum Gasteiger partial charge on any atom is -0.257 e. The predicted molar refractivity (Wildman–Crippen MR) is 88.8 cm³/mol. The van der Waals surface area contributed by atoms with Crippen LogP contribution in [0.1, 0.15) is 65.2 Å². The summed E-state index contributed by atoms with van der Waals surface area (Å²) < 4.78 is 0. The zero-order chi connectivity index (χ0) is 13.8. The van der Waals surface area contributed by atoms with Crippen molar-refractivity contribution in [2.45, 2.75) is 65.2 Å². The van der Waals surface area contributed by atoms with Crippen molar-refractivity contribution in [3.8, 4) is 0 Å². The summed E-state index contributed by atoms with van der Waals surface area (Å²) in [5.41, 5.74) is 1.38. The van der Waals surface area contributed by atoms with Gasteiger partial charge in [-0.15, -0.1) is 0 Å². The molecule has 0 bridgehead atoms. The van der Waals surface area contributed by atoms with Gasteiger partial charge in [-0.3, -0.25) is 4.98 Å². The van der Waals surface area contributed by atoms with E-state index in [1.54, 1.807) is 0 Å². The summed E-state index contributed by atoms with van der Waals surface area (Å²) in [7, 11) is -0.000108. The van der Waals surface area contributed by atoms with Gasteiger partial charge in [0.2, 0.25) is 0 Å². The highest BCUT2D eigenvalue weighted by atomic mass is 31.1. The van der Waals surface area contributed by atoms with Crippen LogP contribution in [-0.2, 0) is 0 Å². The molecule has 1 rings (SSSR count). The zero-order valence-electron chi connectivity index (χ0n) is 12.8. The monoisotopic (exact) mass is 279 g/mol. The lowest BCUT2D eigenvalue weighted by Crippen LogP contribution is -2.10. The van der Waals surface area contributed by atoms with E-state index in [2.05, 4.69) is 31.0 Å². The molecule has 0 saturated carbocycles. The second-order valence-electron chi connectivity index (χ2n) is 5.30. The molecule has 0 aromatic carbocycles. The number of rotatable bonds is 11. The molecule has 0 radical (unpaired) electrons. The first kappa shape index (κ1) is 16.6. The van der Waals surface area contributed by atoms with Crippen molar-refractivity contribution < 1.29 is 0 Å². The molecule has 0 saturated heterocycles. The van der Waals surface area contributed by atoms with Gasteiger partial charge in [-0.1, -0.05) is 66.4 Å². The van der Waals surface area contributed by atoms with Gasteiger partial charge in [0.05, 0.1) is 5.44 Å². The summed E-state index contributed by atoms with van der Waals surface area (Å²) in [6, 6.07) is 6.42. The Labute approximate surface area is 121 Å². The molecular formula is C17H30NP. The summed E-state index contributed by atoms with van der Waals surface area (Å²) in [6.07, 6.45) is 15.8. The zero-order valence-corrected chi connectivity index (χ0v) is 13.7. The highest BCUT2D eigenvalue weighted by Gasteiger charge is 2.11. The molecule has 0 aliphatic heterocycles. The standard InChI is InChI=1S/C17H30NP/c1-3-5-7-11-15-19(16-12-8-6-4-2)17-13-9-10-14-18-17/h9-10,13-14H,3-8,11-12,15-16H2,1-2H3. The molecule has 19 heavy (non-hydrogen) atoms. The summed E-state index contributed by atoms with van der Waals surface area (Å²) in [5, 5.41) is 0. The lowest BCUT2D eigenvalue weighted by atomic mass is 10.2. The first-order valence-corrected chi connectivity index (χ1v) is 9.75. The van der Waals surface area contributed by atoms with E-state index in [-0.39, 0.29) is 7.92 Å². The largest absolute Gasteiger partial charge is 0.257 e. The molecule has 0 aliphatic rings. The molecule has 0 amide bonds. The van der Waals surface area contributed by atoms with Crippen LogP contribution in [0.25, 0.3) is 0 Å². The highest BCUT2D eigenvalue weighted by Crippen LogP contribution is 2.36. The maximum atomic E-state index is 4.61. The normalized spacial score (nSPS) is 11.1. The predicted octanol–water partition coefficient (Wildman–Crippen LogP) is 5.35. The third kappa shape index (κ3) is 7.67. The summed E-state index contributed by atoms with van der Waals surface area (Å²) >= 11 is 0. The van der Waals surface area contributed by atoms with Gasteiger partial charge in [0.15, 0.2) is 0 Å². The van der Waals surface area contributed by atoms with Gasteiger partial charge in [0.25, 0.3) is 0 Å². The van der Waals surface area contributed by atoms with Gasteiger partial charge in [-0.05, 0) is 37.3 Å². The molecular weight excluding hydrogens is 249 g/mol. The summed E-state index contributed by atoms with van der Waals surface area (Å²) in [4.78, 5) is 4.61. The first-order chi connectivity index (χ1) is 9.38. The molecule has 1 nitrogen and oxygen atoms in total. The molecule has 1 aromatic rings. The number of hydrogen-bond donors (Lipinski definition) is 0. The van der Waals surface area contributed by atoms with Gasteiger partial charge in [0, 0.05) is 6.20 Å². The Hall–Kier alpha value is -0.420. The van der Waals surface area contributed by atoms with Crippen molar-refractivity contribution >= 4 is 13.4 Å². The highest BCUT2D eigenvalue weighted by molar-refractivity contribution is 7.65. The van der Waals surface area contributed by atoms with Crippen LogP contribution in [-0.4, -0.2) is 17.3 Å². The summed E-state index contributed by atoms with van der Waals surface area (Å²) in [5.74, 6) is 0. The first-order valence-electron chi connectivity index (χ1n) is 8.04. The van der Waals surface area contributed by atoms with E-state index in [1.165, 1.54) is 69.1 Å². The Bertz CT molecular complexity index is 287. The van der Waals surface area contributed by atoms with E-state index in [0.717, 1.165) is 0 Å². The third-order valence-electron chi connectivity index (χ3n) is 3.54. The molecule has 1 heterocycles. The smallest absolute Gasteiger partial charge is 0.0630 e. The third-order valence-corrected chi connectivity index (χ3v) is 6.16. The molecule has 0 fully saturated rings. The lowest BCUT2D eigenvalue weighted by molar-refractivity contribution is 0.697. The van der Waals surface area contributed by atoms with Crippen molar-refractivity contribution in [1.29, 1.82) is 0 Å². The summed E-state index contributed by atoms with van der Waals surface area (Å²) in [6.45, 7) is 4.57. The van der Waals surface area contributed by atoms with Crippen molar-refractivity contribution in [2.24, 2.45) is 0 Å². The molecule has 108 valence electrons. The van der Waals surface area contributed by atoms with Crippen molar-refractivity contribution in [3.63, 3.8) is 0 Å². The minimum absolute atomic E-state index is 0.000108.